The van der Waals surface area contributed by atoms with Crippen molar-refractivity contribution in [3.63, 3.8) is 0 Å². The van der Waals surface area contributed by atoms with Gasteiger partial charge in [0.25, 0.3) is 0 Å². The number of aromatic nitrogens is 3. The average molecular weight is 313 g/mol. The first-order valence-corrected chi connectivity index (χ1v) is 7.81. The third-order valence-electron chi connectivity index (χ3n) is 2.61. The van der Waals surface area contributed by atoms with Gasteiger partial charge in [0, 0.05) is 11.8 Å². The van der Waals surface area contributed by atoms with E-state index in [-0.39, 0.29) is 28.5 Å². The van der Waals surface area contributed by atoms with Gasteiger partial charge in [-0.15, -0.1) is 5.10 Å². The minimum atomic E-state index is -3.63. The topological polar surface area (TPSA) is 102 Å². The van der Waals surface area contributed by atoms with Gasteiger partial charge in [-0.3, -0.25) is 0 Å². The number of hydrogen-bond donors (Lipinski definition) is 1. The van der Waals surface area contributed by atoms with Crippen LogP contribution < -0.4 is 0 Å². The third-order valence-corrected chi connectivity index (χ3v) is 3.77. The van der Waals surface area contributed by atoms with E-state index in [1.54, 1.807) is 6.92 Å². The highest BCUT2D eigenvalue weighted by Crippen LogP contribution is 2.28. The summed E-state index contributed by atoms with van der Waals surface area (Å²) in [6, 6.07) is 3.12. The van der Waals surface area contributed by atoms with Crippen molar-refractivity contribution in [1.82, 2.24) is 15.4 Å². The zero-order valence-corrected chi connectivity index (χ0v) is 12.1. The summed E-state index contributed by atoms with van der Waals surface area (Å²) >= 11 is 0. The molecule has 1 heterocycles. The predicted molar refractivity (Wildman–Crippen MR) is 70.8 cm³/mol. The van der Waals surface area contributed by atoms with Crippen LogP contribution in [-0.4, -0.2) is 42.7 Å². The number of rotatable bonds is 4. The zero-order chi connectivity index (χ0) is 15.6. The molecule has 21 heavy (non-hydrogen) atoms. The SMILES string of the molecule is CCOC(=O)c1n[nH]nc1-c1cc(F)ccc1S(C)(=O)=O. The van der Waals surface area contributed by atoms with Gasteiger partial charge in [-0.1, -0.05) is 0 Å². The molecule has 0 saturated carbocycles. The highest BCUT2D eigenvalue weighted by molar-refractivity contribution is 7.90. The van der Waals surface area contributed by atoms with Gasteiger partial charge in [-0.25, -0.2) is 17.6 Å². The molecule has 9 heteroatoms. The molecule has 1 N–H and O–H groups in total. The Labute approximate surface area is 120 Å². The van der Waals surface area contributed by atoms with Crippen molar-refractivity contribution in [3.8, 4) is 11.3 Å². The van der Waals surface area contributed by atoms with Gasteiger partial charge in [0.05, 0.1) is 11.5 Å². The fourth-order valence-electron chi connectivity index (χ4n) is 1.77. The maximum atomic E-state index is 13.4. The number of benzene rings is 1. The second kappa shape index (κ2) is 5.60. The minimum absolute atomic E-state index is 0.0469. The molecule has 1 aromatic carbocycles. The van der Waals surface area contributed by atoms with Crippen LogP contribution in [0.4, 0.5) is 4.39 Å². The molecular weight excluding hydrogens is 301 g/mol. The normalized spacial score (nSPS) is 11.4. The summed E-state index contributed by atoms with van der Waals surface area (Å²) in [5.41, 5.74) is -0.324. The predicted octanol–water partition coefficient (Wildman–Crippen LogP) is 1.19. The minimum Gasteiger partial charge on any atom is -0.461 e. The van der Waals surface area contributed by atoms with Crippen LogP contribution in [0.25, 0.3) is 11.3 Å². The molecule has 0 aliphatic heterocycles. The lowest BCUT2D eigenvalue weighted by Gasteiger charge is -2.07. The molecule has 0 saturated heterocycles. The molecule has 2 rings (SSSR count). The Hall–Kier alpha value is -2.29. The highest BCUT2D eigenvalue weighted by atomic mass is 32.2. The largest absolute Gasteiger partial charge is 0.461 e. The molecule has 0 unspecified atom stereocenters. The van der Waals surface area contributed by atoms with Crippen molar-refractivity contribution in [2.75, 3.05) is 12.9 Å². The van der Waals surface area contributed by atoms with Crippen LogP contribution in [0.15, 0.2) is 23.1 Å². The highest BCUT2D eigenvalue weighted by Gasteiger charge is 2.24. The Bertz CT molecular complexity index is 786. The number of hydrogen-bond acceptors (Lipinski definition) is 6. The number of nitrogens with one attached hydrogen (secondary N) is 1. The second-order valence-electron chi connectivity index (χ2n) is 4.15. The van der Waals surface area contributed by atoms with Gasteiger partial charge in [-0.05, 0) is 25.1 Å². The Balaban J connectivity index is 2.66. The smallest absolute Gasteiger partial charge is 0.361 e. The van der Waals surface area contributed by atoms with Crippen molar-refractivity contribution in [2.24, 2.45) is 0 Å². The Kier molecular flexibility index (Phi) is 4.03. The van der Waals surface area contributed by atoms with Crippen molar-refractivity contribution in [2.45, 2.75) is 11.8 Å². The number of carbonyl (C=O) groups is 1. The van der Waals surface area contributed by atoms with Gasteiger partial charge in [-0.2, -0.15) is 10.3 Å². The van der Waals surface area contributed by atoms with E-state index in [2.05, 4.69) is 15.4 Å². The summed E-state index contributed by atoms with van der Waals surface area (Å²) in [5.74, 6) is -1.43. The van der Waals surface area contributed by atoms with E-state index in [1.807, 2.05) is 0 Å². The average Bonchev–Trinajstić information content (AvgIpc) is 2.86. The summed E-state index contributed by atoms with van der Waals surface area (Å²) in [7, 11) is -3.63. The van der Waals surface area contributed by atoms with E-state index in [4.69, 9.17) is 4.74 Å². The van der Waals surface area contributed by atoms with Crippen LogP contribution in [0.1, 0.15) is 17.4 Å². The molecular formula is C12H12FN3O4S. The number of aromatic amines is 1. The van der Waals surface area contributed by atoms with Crippen molar-refractivity contribution in [1.29, 1.82) is 0 Å². The van der Waals surface area contributed by atoms with E-state index >= 15 is 0 Å². The van der Waals surface area contributed by atoms with E-state index in [1.165, 1.54) is 0 Å². The van der Waals surface area contributed by atoms with Crippen LogP contribution in [0.5, 0.6) is 0 Å². The Morgan fingerprint density at radius 2 is 2.10 bits per heavy atom. The number of halogens is 1. The van der Waals surface area contributed by atoms with Gasteiger partial charge in [0.15, 0.2) is 15.5 Å². The molecule has 0 fully saturated rings. The van der Waals surface area contributed by atoms with Crippen LogP contribution in [0.3, 0.4) is 0 Å². The monoisotopic (exact) mass is 313 g/mol. The number of carbonyl (C=O) groups excluding carboxylic acids is 1. The zero-order valence-electron chi connectivity index (χ0n) is 11.3. The molecule has 1 aromatic heterocycles. The van der Waals surface area contributed by atoms with E-state index in [0.717, 1.165) is 24.5 Å². The van der Waals surface area contributed by atoms with E-state index < -0.39 is 21.6 Å². The van der Waals surface area contributed by atoms with E-state index in [9.17, 15) is 17.6 Å². The Morgan fingerprint density at radius 3 is 2.71 bits per heavy atom. The van der Waals surface area contributed by atoms with E-state index in [0.29, 0.717) is 0 Å². The summed E-state index contributed by atoms with van der Waals surface area (Å²) in [6.45, 7) is 1.73. The molecule has 2 aromatic rings. The number of nitrogens with zero attached hydrogens (tertiary/aromatic N) is 2. The van der Waals surface area contributed by atoms with Crippen LogP contribution in [0, 0.1) is 5.82 Å². The first-order valence-electron chi connectivity index (χ1n) is 5.92. The number of sulfone groups is 1. The molecule has 0 atom stereocenters. The van der Waals surface area contributed by atoms with Crippen molar-refractivity contribution in [3.05, 3.63) is 29.7 Å². The third kappa shape index (κ3) is 3.07. The molecule has 0 radical (unpaired) electrons. The molecule has 0 aliphatic rings. The van der Waals surface area contributed by atoms with Crippen molar-refractivity contribution >= 4 is 15.8 Å². The van der Waals surface area contributed by atoms with Gasteiger partial charge < -0.3 is 4.74 Å². The number of ether oxygens (including phenoxy) is 1. The molecule has 0 spiro atoms. The summed E-state index contributed by atoms with van der Waals surface area (Å²) in [6.07, 6.45) is 0.980. The van der Waals surface area contributed by atoms with Gasteiger partial charge >= 0.3 is 5.97 Å². The lowest BCUT2D eigenvalue weighted by atomic mass is 10.1. The number of esters is 1. The first kappa shape index (κ1) is 15.1. The fraction of sp³-hybridized carbons (Fsp3) is 0.250. The summed E-state index contributed by atoms with van der Waals surface area (Å²) in [5, 5.41) is 9.59. The molecule has 7 nitrogen and oxygen atoms in total. The molecule has 0 bridgehead atoms. The molecule has 0 aliphatic carbocycles. The maximum absolute atomic E-state index is 13.4. The number of H-pyrrole nitrogens is 1. The quantitative estimate of drug-likeness (QED) is 0.672. The van der Waals surface area contributed by atoms with Crippen molar-refractivity contribution < 1.29 is 22.3 Å². The molecule has 112 valence electrons. The standard InChI is InChI=1S/C12H12FN3O4S/c1-3-20-12(17)11-10(14-16-15-11)8-6-7(13)4-5-9(8)21(2,18)19/h4-6H,3H2,1-2H3,(H,14,15,16). The first-order chi connectivity index (χ1) is 9.84. The lowest BCUT2D eigenvalue weighted by Crippen LogP contribution is -2.08. The van der Waals surface area contributed by atoms with Gasteiger partial charge in [0.2, 0.25) is 0 Å². The lowest BCUT2D eigenvalue weighted by molar-refractivity contribution is 0.0520. The molecule has 0 amide bonds. The summed E-state index contributed by atoms with van der Waals surface area (Å²) in [4.78, 5) is 11.6. The maximum Gasteiger partial charge on any atom is 0.361 e. The second-order valence-corrected chi connectivity index (χ2v) is 6.14. The summed E-state index contributed by atoms with van der Waals surface area (Å²) < 4.78 is 41.8. The fourth-order valence-corrected chi connectivity index (χ4v) is 2.64. The van der Waals surface area contributed by atoms with Crippen LogP contribution in [0.2, 0.25) is 0 Å². The Morgan fingerprint density at radius 1 is 1.38 bits per heavy atom. The van der Waals surface area contributed by atoms with Crippen LogP contribution in [-0.2, 0) is 14.6 Å². The van der Waals surface area contributed by atoms with Crippen LogP contribution >= 0.6 is 0 Å². The van der Waals surface area contributed by atoms with Gasteiger partial charge in [0.1, 0.15) is 11.5 Å².